The number of nitrogens with zero attached hydrogens (tertiary/aromatic N) is 1. The molecule has 1 saturated carbocycles. The summed E-state index contributed by atoms with van der Waals surface area (Å²) < 4.78 is 36.8. The quantitative estimate of drug-likeness (QED) is 0.748. The third-order valence-electron chi connectivity index (χ3n) is 4.06. The number of carbonyl (C=O) groups excluding carboxylic acids is 1. The number of hydrogen-bond donors (Lipinski definition) is 2. The Morgan fingerprint density at radius 2 is 2.15 bits per heavy atom. The van der Waals surface area contributed by atoms with E-state index in [0.717, 1.165) is 12.8 Å². The number of likely N-dealkylation sites (N-methyl/N-ethyl adjacent to an activating group) is 1. The van der Waals surface area contributed by atoms with Crippen molar-refractivity contribution >= 4 is 5.91 Å². The molecule has 2 atom stereocenters. The summed E-state index contributed by atoms with van der Waals surface area (Å²) in [6.07, 6.45) is -1.27. The Bertz CT molecular complexity index is 335. The molecule has 0 aromatic heterocycles. The van der Waals surface area contributed by atoms with Gasteiger partial charge in [0.2, 0.25) is 5.91 Å². The highest BCUT2D eigenvalue weighted by atomic mass is 19.4. The van der Waals surface area contributed by atoms with Crippen LogP contribution in [-0.4, -0.2) is 49.2 Å². The molecule has 4 nitrogen and oxygen atoms in total. The third-order valence-corrected chi connectivity index (χ3v) is 4.06. The minimum atomic E-state index is -4.19. The van der Waals surface area contributed by atoms with Gasteiger partial charge in [0.15, 0.2) is 0 Å². The number of halogens is 3. The number of carbonyl (C=O) groups is 1. The number of nitrogens with one attached hydrogen (secondary N) is 1. The number of alkyl halides is 3. The molecule has 0 aromatic carbocycles. The highest BCUT2D eigenvalue weighted by Crippen LogP contribution is 2.38. The smallest absolute Gasteiger partial charge is 0.368 e. The summed E-state index contributed by atoms with van der Waals surface area (Å²) >= 11 is 0. The van der Waals surface area contributed by atoms with Crippen molar-refractivity contribution in [2.45, 2.75) is 44.3 Å². The van der Waals surface area contributed by atoms with Crippen LogP contribution in [-0.2, 0) is 4.79 Å². The zero-order valence-corrected chi connectivity index (χ0v) is 12.1. The van der Waals surface area contributed by atoms with Gasteiger partial charge in [0.05, 0.1) is 6.54 Å². The monoisotopic (exact) mass is 295 g/mol. The van der Waals surface area contributed by atoms with Crippen LogP contribution in [0.4, 0.5) is 13.2 Å². The van der Waals surface area contributed by atoms with E-state index >= 15 is 0 Å². The van der Waals surface area contributed by atoms with Crippen molar-refractivity contribution in [3.8, 4) is 0 Å². The molecule has 0 saturated heterocycles. The average molecular weight is 295 g/mol. The molecule has 7 heteroatoms. The van der Waals surface area contributed by atoms with Gasteiger partial charge in [-0.15, -0.1) is 0 Å². The van der Waals surface area contributed by atoms with Crippen molar-refractivity contribution < 1.29 is 18.0 Å². The van der Waals surface area contributed by atoms with E-state index in [1.54, 1.807) is 0 Å². The predicted molar refractivity (Wildman–Crippen MR) is 71.1 cm³/mol. The van der Waals surface area contributed by atoms with Gasteiger partial charge in [-0.1, -0.05) is 13.3 Å². The summed E-state index contributed by atoms with van der Waals surface area (Å²) in [5.41, 5.74) is 4.78. The molecule has 3 N–H and O–H groups in total. The molecule has 0 bridgehead atoms. The largest absolute Gasteiger partial charge is 0.401 e. The normalized spacial score (nSPS) is 27.2. The van der Waals surface area contributed by atoms with E-state index in [1.807, 2.05) is 6.92 Å². The predicted octanol–water partition coefficient (Wildman–Crippen LogP) is 1.50. The fraction of sp³-hybridized carbons (Fsp3) is 0.923. The minimum Gasteiger partial charge on any atom is -0.368 e. The van der Waals surface area contributed by atoms with Crippen LogP contribution in [0.1, 0.15) is 32.6 Å². The summed E-state index contributed by atoms with van der Waals surface area (Å²) in [6.45, 7) is 1.91. The van der Waals surface area contributed by atoms with E-state index in [1.165, 1.54) is 11.9 Å². The van der Waals surface area contributed by atoms with Gasteiger partial charge in [0.25, 0.3) is 0 Å². The van der Waals surface area contributed by atoms with Crippen LogP contribution >= 0.6 is 0 Å². The summed E-state index contributed by atoms with van der Waals surface area (Å²) in [4.78, 5) is 13.0. The Hall–Kier alpha value is -0.820. The molecule has 0 aliphatic heterocycles. The van der Waals surface area contributed by atoms with E-state index in [-0.39, 0.29) is 11.8 Å². The van der Waals surface area contributed by atoms with E-state index in [9.17, 15) is 18.0 Å². The lowest BCUT2D eigenvalue weighted by Gasteiger charge is -2.34. The zero-order chi connectivity index (χ0) is 15.4. The second kappa shape index (κ2) is 6.76. The summed E-state index contributed by atoms with van der Waals surface area (Å²) in [6, 6.07) is 0. The first-order valence-corrected chi connectivity index (χ1v) is 7.01. The molecule has 1 amide bonds. The van der Waals surface area contributed by atoms with E-state index in [4.69, 9.17) is 5.73 Å². The summed E-state index contributed by atoms with van der Waals surface area (Å²) in [7, 11) is 1.45. The third kappa shape index (κ3) is 4.34. The zero-order valence-electron chi connectivity index (χ0n) is 12.1. The maximum Gasteiger partial charge on any atom is 0.401 e. The lowest BCUT2D eigenvalue weighted by atomic mass is 9.83. The Balaban J connectivity index is 2.59. The van der Waals surface area contributed by atoms with Gasteiger partial charge in [0, 0.05) is 0 Å². The highest BCUT2D eigenvalue weighted by molar-refractivity contribution is 5.85. The maximum absolute atomic E-state index is 12.3. The fourth-order valence-electron chi connectivity index (χ4n) is 3.19. The van der Waals surface area contributed by atoms with Crippen molar-refractivity contribution in [1.82, 2.24) is 10.2 Å². The Morgan fingerprint density at radius 3 is 2.65 bits per heavy atom. The lowest BCUT2D eigenvalue weighted by Crippen LogP contribution is -2.58. The molecule has 2 unspecified atom stereocenters. The number of nitrogens with two attached hydrogens (primary N) is 1. The van der Waals surface area contributed by atoms with E-state index in [2.05, 4.69) is 5.32 Å². The molecule has 0 radical (unpaired) electrons. The van der Waals surface area contributed by atoms with Gasteiger partial charge in [0.1, 0.15) is 5.54 Å². The number of amides is 1. The van der Waals surface area contributed by atoms with Gasteiger partial charge in [-0.3, -0.25) is 9.69 Å². The van der Waals surface area contributed by atoms with Gasteiger partial charge < -0.3 is 11.1 Å². The molecular weight excluding hydrogens is 271 g/mol. The SMILES string of the molecule is CCNC1(C(N)=O)CCCC1CCN(C)CC(F)(F)F. The van der Waals surface area contributed by atoms with Gasteiger partial charge in [-0.05, 0) is 45.3 Å². The molecule has 1 aliphatic carbocycles. The molecule has 0 aromatic rings. The van der Waals surface area contributed by atoms with Crippen LogP contribution in [0.2, 0.25) is 0 Å². The highest BCUT2D eigenvalue weighted by Gasteiger charge is 2.46. The van der Waals surface area contributed by atoms with Crippen molar-refractivity contribution in [3.05, 3.63) is 0 Å². The van der Waals surface area contributed by atoms with Gasteiger partial charge >= 0.3 is 6.18 Å². The van der Waals surface area contributed by atoms with Crippen LogP contribution in [0, 0.1) is 5.92 Å². The second-order valence-corrected chi connectivity index (χ2v) is 5.60. The van der Waals surface area contributed by atoms with Crippen molar-refractivity contribution in [2.24, 2.45) is 11.7 Å². The Labute approximate surface area is 117 Å². The fourth-order valence-corrected chi connectivity index (χ4v) is 3.19. The van der Waals surface area contributed by atoms with Gasteiger partial charge in [-0.25, -0.2) is 0 Å². The van der Waals surface area contributed by atoms with Crippen LogP contribution < -0.4 is 11.1 Å². The lowest BCUT2D eigenvalue weighted by molar-refractivity contribution is -0.143. The molecule has 118 valence electrons. The standard InChI is InChI=1S/C13H24F3N3O/c1-3-18-12(11(17)20)7-4-5-10(12)6-8-19(2)9-13(14,15)16/h10,18H,3-9H2,1-2H3,(H2,17,20). The molecular formula is C13H24F3N3O. The minimum absolute atomic E-state index is 0.00985. The molecule has 1 aliphatic rings. The number of rotatable bonds is 7. The molecule has 20 heavy (non-hydrogen) atoms. The molecule has 1 rings (SSSR count). The Morgan fingerprint density at radius 1 is 1.50 bits per heavy atom. The molecule has 1 fully saturated rings. The average Bonchev–Trinajstić information content (AvgIpc) is 2.69. The van der Waals surface area contributed by atoms with Crippen LogP contribution in [0.15, 0.2) is 0 Å². The first-order valence-electron chi connectivity index (χ1n) is 7.01. The summed E-state index contributed by atoms with van der Waals surface area (Å²) in [5.74, 6) is -0.379. The number of primary amides is 1. The van der Waals surface area contributed by atoms with Crippen molar-refractivity contribution in [3.63, 3.8) is 0 Å². The van der Waals surface area contributed by atoms with E-state index < -0.39 is 18.3 Å². The molecule has 0 spiro atoms. The summed E-state index contributed by atoms with van der Waals surface area (Å²) in [5, 5.41) is 3.16. The van der Waals surface area contributed by atoms with Crippen LogP contribution in [0.25, 0.3) is 0 Å². The first kappa shape index (κ1) is 17.2. The second-order valence-electron chi connectivity index (χ2n) is 5.60. The topological polar surface area (TPSA) is 58.4 Å². The van der Waals surface area contributed by atoms with Crippen LogP contribution in [0.5, 0.6) is 0 Å². The van der Waals surface area contributed by atoms with E-state index in [0.29, 0.717) is 25.9 Å². The number of hydrogen-bond acceptors (Lipinski definition) is 3. The van der Waals surface area contributed by atoms with Crippen molar-refractivity contribution in [2.75, 3.05) is 26.7 Å². The molecule has 0 heterocycles. The van der Waals surface area contributed by atoms with Crippen LogP contribution in [0.3, 0.4) is 0 Å². The first-order chi connectivity index (χ1) is 9.21. The van der Waals surface area contributed by atoms with Crippen molar-refractivity contribution in [1.29, 1.82) is 0 Å². The van der Waals surface area contributed by atoms with Gasteiger partial charge in [-0.2, -0.15) is 13.2 Å². The Kier molecular flexibility index (Phi) is 5.82. The maximum atomic E-state index is 12.3.